The number of aromatic nitrogens is 1. The van der Waals surface area contributed by atoms with Crippen LogP contribution < -0.4 is 15.4 Å². The van der Waals surface area contributed by atoms with Gasteiger partial charge >= 0.3 is 6.09 Å². The summed E-state index contributed by atoms with van der Waals surface area (Å²) in [6.45, 7) is 1.50. The maximum absolute atomic E-state index is 14.1. The van der Waals surface area contributed by atoms with Crippen molar-refractivity contribution in [2.75, 3.05) is 11.9 Å². The topological polar surface area (TPSA) is 141 Å². The summed E-state index contributed by atoms with van der Waals surface area (Å²) in [6, 6.07) is 3.87. The van der Waals surface area contributed by atoms with Gasteiger partial charge in [0.05, 0.1) is 17.9 Å². The predicted molar refractivity (Wildman–Crippen MR) is 88.0 cm³/mol. The Morgan fingerprint density at radius 1 is 1.31 bits per heavy atom. The third-order valence-corrected chi connectivity index (χ3v) is 3.13. The van der Waals surface area contributed by atoms with Crippen LogP contribution >= 0.6 is 0 Å². The van der Waals surface area contributed by atoms with Crippen LogP contribution in [0.1, 0.15) is 17.4 Å². The average Bonchev–Trinajstić information content (AvgIpc) is 2.55. The first-order valence-corrected chi connectivity index (χ1v) is 7.37. The third-order valence-electron chi connectivity index (χ3n) is 3.13. The molecule has 10 heteroatoms. The minimum atomic E-state index is -1.22. The van der Waals surface area contributed by atoms with E-state index in [4.69, 9.17) is 9.84 Å². The van der Waals surface area contributed by atoms with Gasteiger partial charge in [-0.15, -0.1) is 0 Å². The monoisotopic (exact) mass is 365 g/mol. The summed E-state index contributed by atoms with van der Waals surface area (Å²) in [6.07, 6.45) is -0.110. The molecule has 26 heavy (non-hydrogen) atoms. The van der Waals surface area contributed by atoms with Crippen LogP contribution in [0.2, 0.25) is 0 Å². The number of carbonyl (C=O) groups is 2. The zero-order valence-electron chi connectivity index (χ0n) is 13.6. The molecular formula is C16H16FN3O6. The molecule has 0 radical (unpaired) electrons. The molecule has 0 saturated heterocycles. The van der Waals surface area contributed by atoms with E-state index in [2.05, 4.69) is 15.6 Å². The highest BCUT2D eigenvalue weighted by atomic mass is 19.1. The van der Waals surface area contributed by atoms with Gasteiger partial charge in [0.15, 0.2) is 11.5 Å². The van der Waals surface area contributed by atoms with Crippen molar-refractivity contribution in [1.82, 2.24) is 10.3 Å². The van der Waals surface area contributed by atoms with Crippen LogP contribution in [0.15, 0.2) is 30.5 Å². The highest BCUT2D eigenvalue weighted by Crippen LogP contribution is 2.27. The Bertz CT molecular complexity index is 830. The number of aromatic hydroxyl groups is 2. The van der Waals surface area contributed by atoms with Crippen molar-refractivity contribution in [3.05, 3.63) is 42.0 Å². The number of phenols is 2. The molecule has 5 N–H and O–H groups in total. The fourth-order valence-electron chi connectivity index (χ4n) is 1.95. The van der Waals surface area contributed by atoms with E-state index < -0.39 is 29.6 Å². The molecule has 0 bridgehead atoms. The van der Waals surface area contributed by atoms with Gasteiger partial charge < -0.3 is 30.7 Å². The van der Waals surface area contributed by atoms with Crippen LogP contribution in [0.3, 0.4) is 0 Å². The molecular weight excluding hydrogens is 349 g/mol. The smallest absolute Gasteiger partial charge is 0.404 e. The Kier molecular flexibility index (Phi) is 5.78. The van der Waals surface area contributed by atoms with Gasteiger partial charge in [0, 0.05) is 12.1 Å². The first kappa shape index (κ1) is 18.8. The standard InChI is InChI=1S/C16H16FN3O6/c1-8(19-16(24)25)7-26-10-5-11(17)14(18-6-10)15(23)20-12-4-9(21)2-3-13(12)22/h2-6,8,19,21-22H,7H2,1H3,(H,20,23)(H,24,25)/t8-/m0/s1. The van der Waals surface area contributed by atoms with Gasteiger partial charge in [0.2, 0.25) is 0 Å². The van der Waals surface area contributed by atoms with Crippen molar-refractivity contribution in [2.24, 2.45) is 0 Å². The van der Waals surface area contributed by atoms with Crippen LogP contribution in [-0.2, 0) is 0 Å². The number of pyridine rings is 1. The van der Waals surface area contributed by atoms with Gasteiger partial charge in [-0.25, -0.2) is 14.2 Å². The number of hydrogen-bond acceptors (Lipinski definition) is 6. The first-order chi connectivity index (χ1) is 12.3. The van der Waals surface area contributed by atoms with Crippen molar-refractivity contribution >= 4 is 17.7 Å². The number of nitrogens with one attached hydrogen (secondary N) is 2. The normalized spacial score (nSPS) is 11.5. The summed E-state index contributed by atoms with van der Waals surface area (Å²) in [5.74, 6) is -2.40. The van der Waals surface area contributed by atoms with Crippen LogP contribution in [0.5, 0.6) is 17.2 Å². The van der Waals surface area contributed by atoms with Gasteiger partial charge in [-0.2, -0.15) is 0 Å². The molecule has 0 unspecified atom stereocenters. The number of amides is 2. The lowest BCUT2D eigenvalue weighted by molar-refractivity contribution is 0.101. The van der Waals surface area contributed by atoms with E-state index in [1.54, 1.807) is 6.92 Å². The van der Waals surface area contributed by atoms with Crippen molar-refractivity contribution < 1.29 is 34.0 Å². The molecule has 2 aromatic rings. The lowest BCUT2D eigenvalue weighted by Gasteiger charge is -2.13. The van der Waals surface area contributed by atoms with E-state index in [1.807, 2.05) is 0 Å². The lowest BCUT2D eigenvalue weighted by atomic mass is 10.2. The summed E-state index contributed by atoms with van der Waals surface area (Å²) >= 11 is 0. The van der Waals surface area contributed by atoms with Crippen LogP contribution in [0.25, 0.3) is 0 Å². The first-order valence-electron chi connectivity index (χ1n) is 7.37. The van der Waals surface area contributed by atoms with Crippen LogP contribution in [0.4, 0.5) is 14.9 Å². The van der Waals surface area contributed by atoms with Gasteiger partial charge in [-0.05, 0) is 19.1 Å². The second-order valence-electron chi connectivity index (χ2n) is 5.32. The highest BCUT2D eigenvalue weighted by Gasteiger charge is 2.17. The molecule has 1 aromatic carbocycles. The maximum atomic E-state index is 14.1. The quantitative estimate of drug-likeness (QED) is 0.389. The van der Waals surface area contributed by atoms with Crippen molar-refractivity contribution in [1.29, 1.82) is 0 Å². The summed E-state index contributed by atoms with van der Waals surface area (Å²) in [4.78, 5) is 26.2. The minimum absolute atomic E-state index is 0.0123. The molecule has 9 nitrogen and oxygen atoms in total. The zero-order valence-corrected chi connectivity index (χ0v) is 13.6. The van der Waals surface area contributed by atoms with Gasteiger partial charge in [-0.1, -0.05) is 0 Å². The van der Waals surface area contributed by atoms with E-state index >= 15 is 0 Å². The number of halogens is 1. The fourth-order valence-corrected chi connectivity index (χ4v) is 1.95. The predicted octanol–water partition coefficient (Wildman–Crippen LogP) is 1.92. The zero-order chi connectivity index (χ0) is 19.3. The number of phenolic OH excluding ortho intramolecular Hbond substituents is 2. The molecule has 2 amide bonds. The fraction of sp³-hybridized carbons (Fsp3) is 0.188. The average molecular weight is 365 g/mol. The molecule has 0 saturated carbocycles. The van der Waals surface area contributed by atoms with E-state index in [1.165, 1.54) is 6.07 Å². The Balaban J connectivity index is 2.05. The number of carboxylic acid groups (broad SMARTS) is 1. The third kappa shape index (κ3) is 4.97. The van der Waals surface area contributed by atoms with Gasteiger partial charge in [0.1, 0.15) is 23.9 Å². The van der Waals surface area contributed by atoms with Gasteiger partial charge in [-0.3, -0.25) is 4.79 Å². The molecule has 0 aliphatic carbocycles. The highest BCUT2D eigenvalue weighted by molar-refractivity contribution is 6.04. The molecule has 1 atom stereocenters. The number of anilines is 1. The number of carbonyl (C=O) groups excluding carboxylic acids is 1. The molecule has 0 spiro atoms. The second kappa shape index (κ2) is 8.01. The lowest BCUT2D eigenvalue weighted by Crippen LogP contribution is -2.35. The summed E-state index contributed by atoms with van der Waals surface area (Å²) < 4.78 is 19.3. The minimum Gasteiger partial charge on any atom is -0.508 e. The number of nitrogens with zero attached hydrogens (tertiary/aromatic N) is 1. The molecule has 0 aliphatic heterocycles. The SMILES string of the molecule is C[C@@H](COc1cnc(C(=O)Nc2cc(O)ccc2O)c(F)c1)NC(=O)O. The molecule has 1 aromatic heterocycles. The Morgan fingerprint density at radius 2 is 2.04 bits per heavy atom. The van der Waals surface area contributed by atoms with E-state index in [-0.39, 0.29) is 29.5 Å². The van der Waals surface area contributed by atoms with Crippen LogP contribution in [0, 0.1) is 5.82 Å². The molecule has 2 rings (SSSR count). The van der Waals surface area contributed by atoms with E-state index in [9.17, 15) is 24.2 Å². The number of ether oxygens (including phenoxy) is 1. The second-order valence-corrected chi connectivity index (χ2v) is 5.32. The Morgan fingerprint density at radius 3 is 2.69 bits per heavy atom. The maximum Gasteiger partial charge on any atom is 0.404 e. The molecule has 1 heterocycles. The molecule has 138 valence electrons. The summed E-state index contributed by atoms with van der Waals surface area (Å²) in [5, 5.41) is 31.9. The Hall–Kier alpha value is -3.56. The number of rotatable bonds is 6. The summed E-state index contributed by atoms with van der Waals surface area (Å²) in [7, 11) is 0. The molecule has 0 fully saturated rings. The van der Waals surface area contributed by atoms with Crippen molar-refractivity contribution in [3.63, 3.8) is 0 Å². The van der Waals surface area contributed by atoms with Crippen molar-refractivity contribution in [3.8, 4) is 17.2 Å². The van der Waals surface area contributed by atoms with Crippen LogP contribution in [-0.4, -0.2) is 45.0 Å². The van der Waals surface area contributed by atoms with Crippen molar-refractivity contribution in [2.45, 2.75) is 13.0 Å². The Labute approximate surface area is 147 Å². The van der Waals surface area contributed by atoms with E-state index in [0.29, 0.717) is 0 Å². The molecule has 0 aliphatic rings. The summed E-state index contributed by atoms with van der Waals surface area (Å²) in [5.41, 5.74) is -0.651. The van der Waals surface area contributed by atoms with Gasteiger partial charge in [0.25, 0.3) is 5.91 Å². The van der Waals surface area contributed by atoms with E-state index in [0.717, 1.165) is 24.4 Å². The number of benzene rings is 1. The largest absolute Gasteiger partial charge is 0.508 e. The number of hydrogen-bond donors (Lipinski definition) is 5.